The Morgan fingerprint density at radius 1 is 1.08 bits per heavy atom. The van der Waals surface area contributed by atoms with Gasteiger partial charge < -0.3 is 10.2 Å². The molecular formula is C20H23BrN2O. The Bertz CT molecular complexity index is 699. The summed E-state index contributed by atoms with van der Waals surface area (Å²) in [6, 6.07) is 16.4. The standard InChI is InChI=1S/C20H23BrN2O/c1-15-10-12-16(13-11-15)19-9-3-2-6-14-23(19)20(24)22-18-8-5-4-7-17(18)21/h4-5,7-8,10-13,19H,2-3,6,9,14H2,1H3,(H,22,24)/t19-/m0/s1. The SMILES string of the molecule is Cc1ccc([C@@H]2CCCCCN2C(=O)Nc2ccccc2Br)cc1. The second-order valence-electron chi connectivity index (χ2n) is 6.38. The number of hydrogen-bond donors (Lipinski definition) is 1. The summed E-state index contributed by atoms with van der Waals surface area (Å²) in [4.78, 5) is 14.9. The molecule has 1 heterocycles. The fourth-order valence-electron chi connectivity index (χ4n) is 3.24. The first-order valence-electron chi connectivity index (χ1n) is 8.54. The molecule has 0 unspecified atom stereocenters. The minimum absolute atomic E-state index is 0.0191. The molecule has 1 aliphatic rings. The summed E-state index contributed by atoms with van der Waals surface area (Å²) in [6.45, 7) is 2.89. The number of urea groups is 1. The van der Waals surface area contributed by atoms with E-state index in [1.54, 1.807) is 0 Å². The van der Waals surface area contributed by atoms with Crippen molar-refractivity contribution in [2.75, 3.05) is 11.9 Å². The van der Waals surface area contributed by atoms with Crippen LogP contribution in [0.15, 0.2) is 53.0 Å². The van der Waals surface area contributed by atoms with Gasteiger partial charge in [-0.1, -0.05) is 54.8 Å². The molecule has 0 aromatic heterocycles. The first-order valence-corrected chi connectivity index (χ1v) is 9.33. The summed E-state index contributed by atoms with van der Waals surface area (Å²) in [5.74, 6) is 0. The Morgan fingerprint density at radius 3 is 2.58 bits per heavy atom. The van der Waals surface area contributed by atoms with Gasteiger partial charge in [0.2, 0.25) is 0 Å². The largest absolute Gasteiger partial charge is 0.322 e. The normalized spacial score (nSPS) is 18.1. The molecule has 0 radical (unpaired) electrons. The highest BCUT2D eigenvalue weighted by atomic mass is 79.9. The summed E-state index contributed by atoms with van der Waals surface area (Å²) < 4.78 is 0.903. The molecule has 2 aromatic carbocycles. The van der Waals surface area contributed by atoms with Crippen molar-refractivity contribution in [2.45, 2.75) is 38.6 Å². The maximum Gasteiger partial charge on any atom is 0.322 e. The van der Waals surface area contributed by atoms with Crippen LogP contribution in [0.3, 0.4) is 0 Å². The highest BCUT2D eigenvalue weighted by Crippen LogP contribution is 2.31. The zero-order valence-electron chi connectivity index (χ0n) is 14.0. The van der Waals surface area contributed by atoms with Crippen LogP contribution in [-0.4, -0.2) is 17.5 Å². The number of rotatable bonds is 2. The summed E-state index contributed by atoms with van der Waals surface area (Å²) in [5.41, 5.74) is 3.29. The van der Waals surface area contributed by atoms with Crippen LogP contribution in [0, 0.1) is 6.92 Å². The van der Waals surface area contributed by atoms with Gasteiger partial charge in [-0.3, -0.25) is 0 Å². The lowest BCUT2D eigenvalue weighted by Gasteiger charge is -2.31. The average molecular weight is 387 g/mol. The maximum absolute atomic E-state index is 12.9. The van der Waals surface area contributed by atoms with Gasteiger partial charge in [0.1, 0.15) is 0 Å². The first kappa shape index (κ1) is 17.0. The van der Waals surface area contributed by atoms with Crippen LogP contribution in [0.25, 0.3) is 0 Å². The van der Waals surface area contributed by atoms with E-state index >= 15 is 0 Å². The number of likely N-dealkylation sites (tertiary alicyclic amines) is 1. The molecule has 1 fully saturated rings. The Labute approximate surface area is 152 Å². The molecule has 3 nitrogen and oxygen atoms in total. The highest BCUT2D eigenvalue weighted by molar-refractivity contribution is 9.10. The van der Waals surface area contributed by atoms with Gasteiger partial charge in [0.15, 0.2) is 0 Å². The lowest BCUT2D eigenvalue weighted by molar-refractivity contribution is 0.189. The van der Waals surface area contributed by atoms with Crippen LogP contribution >= 0.6 is 15.9 Å². The maximum atomic E-state index is 12.9. The van der Waals surface area contributed by atoms with Crippen molar-refractivity contribution in [1.29, 1.82) is 0 Å². The molecule has 0 spiro atoms. The van der Waals surface area contributed by atoms with Crippen LogP contribution in [-0.2, 0) is 0 Å². The molecule has 1 atom stereocenters. The lowest BCUT2D eigenvalue weighted by atomic mass is 10.00. The molecule has 0 saturated carbocycles. The van der Waals surface area contributed by atoms with E-state index in [-0.39, 0.29) is 12.1 Å². The number of nitrogens with zero attached hydrogens (tertiary/aromatic N) is 1. The van der Waals surface area contributed by atoms with Gasteiger partial charge in [0.25, 0.3) is 0 Å². The number of nitrogens with one attached hydrogen (secondary N) is 1. The summed E-state index contributed by atoms with van der Waals surface area (Å²) in [5, 5.41) is 3.06. The van der Waals surface area contributed by atoms with Gasteiger partial charge in [-0.25, -0.2) is 4.79 Å². The van der Waals surface area contributed by atoms with Gasteiger partial charge >= 0.3 is 6.03 Å². The lowest BCUT2D eigenvalue weighted by Crippen LogP contribution is -2.38. The fraction of sp³-hybridized carbons (Fsp3) is 0.350. The summed E-state index contributed by atoms with van der Waals surface area (Å²) in [6.07, 6.45) is 4.43. The van der Waals surface area contributed by atoms with Gasteiger partial charge in [-0.05, 0) is 53.4 Å². The number of anilines is 1. The molecule has 2 amide bonds. The molecule has 0 bridgehead atoms. The van der Waals surface area contributed by atoms with Crippen molar-refractivity contribution in [2.24, 2.45) is 0 Å². The van der Waals surface area contributed by atoms with E-state index in [2.05, 4.69) is 52.4 Å². The number of carbonyl (C=O) groups is 1. The molecule has 1 aliphatic heterocycles. The second-order valence-corrected chi connectivity index (χ2v) is 7.23. The third-order valence-electron chi connectivity index (χ3n) is 4.59. The van der Waals surface area contributed by atoms with Gasteiger partial charge in [0, 0.05) is 11.0 Å². The predicted octanol–water partition coefficient (Wildman–Crippen LogP) is 5.91. The molecule has 24 heavy (non-hydrogen) atoms. The van der Waals surface area contributed by atoms with E-state index in [1.165, 1.54) is 17.5 Å². The van der Waals surface area contributed by atoms with Crippen LogP contribution in [0.1, 0.15) is 42.9 Å². The Balaban J connectivity index is 1.82. The van der Waals surface area contributed by atoms with E-state index in [9.17, 15) is 4.79 Å². The fourth-order valence-corrected chi connectivity index (χ4v) is 3.62. The molecule has 1 saturated heterocycles. The smallest absolute Gasteiger partial charge is 0.317 e. The van der Waals surface area contributed by atoms with Gasteiger partial charge in [-0.15, -0.1) is 0 Å². The minimum atomic E-state index is -0.0191. The van der Waals surface area contributed by atoms with Crippen LogP contribution < -0.4 is 5.32 Å². The molecule has 0 aliphatic carbocycles. The Hall–Kier alpha value is -1.81. The zero-order valence-corrected chi connectivity index (χ0v) is 15.6. The van der Waals surface area contributed by atoms with Crippen molar-refractivity contribution in [1.82, 2.24) is 4.90 Å². The van der Waals surface area contributed by atoms with Crippen molar-refractivity contribution in [3.05, 3.63) is 64.1 Å². The number of hydrogen-bond acceptors (Lipinski definition) is 1. The third-order valence-corrected chi connectivity index (χ3v) is 5.28. The van der Waals surface area contributed by atoms with Crippen molar-refractivity contribution >= 4 is 27.6 Å². The van der Waals surface area contributed by atoms with Crippen LogP contribution in [0.2, 0.25) is 0 Å². The van der Waals surface area contributed by atoms with Crippen LogP contribution in [0.5, 0.6) is 0 Å². The van der Waals surface area contributed by atoms with Crippen LogP contribution in [0.4, 0.5) is 10.5 Å². The number of carbonyl (C=O) groups excluding carboxylic acids is 1. The van der Waals surface area contributed by atoms with Crippen molar-refractivity contribution < 1.29 is 4.79 Å². The predicted molar refractivity (Wildman–Crippen MR) is 102 cm³/mol. The van der Waals surface area contributed by atoms with E-state index in [0.29, 0.717) is 0 Å². The number of aryl methyl sites for hydroxylation is 1. The average Bonchev–Trinajstić information content (AvgIpc) is 2.84. The van der Waals surface area contributed by atoms with Gasteiger partial charge in [-0.2, -0.15) is 0 Å². The molecule has 4 heteroatoms. The van der Waals surface area contributed by atoms with E-state index in [4.69, 9.17) is 0 Å². The van der Waals surface area contributed by atoms with Crippen molar-refractivity contribution in [3.63, 3.8) is 0 Å². The Morgan fingerprint density at radius 2 is 1.83 bits per heavy atom. The second kappa shape index (κ2) is 7.84. The van der Waals surface area contributed by atoms with E-state index in [0.717, 1.165) is 36.0 Å². The molecule has 3 rings (SSSR count). The topological polar surface area (TPSA) is 32.3 Å². The number of para-hydroxylation sites is 1. The number of amides is 2. The molecule has 126 valence electrons. The monoisotopic (exact) mass is 386 g/mol. The zero-order chi connectivity index (χ0) is 16.9. The van der Waals surface area contributed by atoms with Crippen molar-refractivity contribution in [3.8, 4) is 0 Å². The number of halogens is 1. The first-order chi connectivity index (χ1) is 11.6. The molecule has 1 N–H and O–H groups in total. The Kier molecular flexibility index (Phi) is 5.56. The summed E-state index contributed by atoms with van der Waals surface area (Å²) >= 11 is 3.50. The van der Waals surface area contributed by atoms with Gasteiger partial charge in [0.05, 0.1) is 11.7 Å². The van der Waals surface area contributed by atoms with E-state index in [1.807, 2.05) is 29.2 Å². The molecule has 2 aromatic rings. The third kappa shape index (κ3) is 3.99. The highest BCUT2D eigenvalue weighted by Gasteiger charge is 2.27. The molecular weight excluding hydrogens is 364 g/mol. The number of benzene rings is 2. The summed E-state index contributed by atoms with van der Waals surface area (Å²) in [7, 11) is 0. The van der Waals surface area contributed by atoms with E-state index < -0.39 is 0 Å². The minimum Gasteiger partial charge on any atom is -0.317 e. The quantitative estimate of drug-likeness (QED) is 0.683.